The van der Waals surface area contributed by atoms with E-state index in [-0.39, 0.29) is 11.6 Å². The predicted molar refractivity (Wildman–Crippen MR) is 64.0 cm³/mol. The average molecular weight is 251 g/mol. The molecule has 0 atom stereocenters. The van der Waals surface area contributed by atoms with Gasteiger partial charge in [-0.05, 0) is 24.8 Å². The third-order valence-electron chi connectivity index (χ3n) is 3.39. The highest BCUT2D eigenvalue weighted by molar-refractivity contribution is 5.50. The van der Waals surface area contributed by atoms with Gasteiger partial charge in [0.05, 0.1) is 6.20 Å². The minimum absolute atomic E-state index is 0.0474. The molecular formula is C13H15F2N3. The van der Waals surface area contributed by atoms with E-state index in [1.807, 2.05) is 13.8 Å². The van der Waals surface area contributed by atoms with Gasteiger partial charge in [-0.1, -0.05) is 13.8 Å². The molecule has 96 valence electrons. The zero-order valence-corrected chi connectivity index (χ0v) is 10.4. The van der Waals surface area contributed by atoms with E-state index in [1.165, 1.54) is 10.6 Å². The molecule has 0 aliphatic heterocycles. The first kappa shape index (κ1) is 11.6. The predicted octanol–water partition coefficient (Wildman–Crippen LogP) is 3.67. The molecule has 3 nitrogen and oxygen atoms in total. The number of aromatic nitrogens is 3. The summed E-state index contributed by atoms with van der Waals surface area (Å²) in [6.45, 7) is 4.04. The summed E-state index contributed by atoms with van der Waals surface area (Å²) in [6, 6.07) is 1.51. The molecular weight excluding hydrogens is 236 g/mol. The fourth-order valence-electron chi connectivity index (χ4n) is 2.17. The Bertz CT molecular complexity index is 585. The van der Waals surface area contributed by atoms with Crippen LogP contribution >= 0.6 is 0 Å². The summed E-state index contributed by atoms with van der Waals surface area (Å²) in [4.78, 5) is 4.53. The van der Waals surface area contributed by atoms with E-state index in [1.54, 1.807) is 6.20 Å². The van der Waals surface area contributed by atoms with Crippen molar-refractivity contribution in [2.45, 2.75) is 45.0 Å². The molecule has 1 fully saturated rings. The van der Waals surface area contributed by atoms with E-state index in [2.05, 4.69) is 10.1 Å². The Morgan fingerprint density at radius 2 is 2.06 bits per heavy atom. The lowest BCUT2D eigenvalue weighted by Crippen LogP contribution is -2.04. The van der Waals surface area contributed by atoms with Crippen molar-refractivity contribution in [1.82, 2.24) is 14.6 Å². The van der Waals surface area contributed by atoms with Crippen LogP contribution in [0.25, 0.3) is 5.65 Å². The third-order valence-corrected chi connectivity index (χ3v) is 3.39. The van der Waals surface area contributed by atoms with Crippen molar-refractivity contribution in [3.05, 3.63) is 29.2 Å². The largest absolute Gasteiger partial charge is 0.280 e. The van der Waals surface area contributed by atoms with Gasteiger partial charge >= 0.3 is 0 Å². The van der Waals surface area contributed by atoms with Crippen molar-refractivity contribution < 1.29 is 8.78 Å². The van der Waals surface area contributed by atoms with E-state index in [0.29, 0.717) is 11.6 Å². The van der Waals surface area contributed by atoms with Crippen molar-refractivity contribution in [3.63, 3.8) is 0 Å². The number of halogens is 2. The molecule has 0 saturated heterocycles. The van der Waals surface area contributed by atoms with E-state index >= 15 is 0 Å². The Morgan fingerprint density at radius 3 is 2.61 bits per heavy atom. The molecule has 1 saturated carbocycles. The fourth-order valence-corrected chi connectivity index (χ4v) is 2.17. The van der Waals surface area contributed by atoms with Gasteiger partial charge in [-0.2, -0.15) is 5.10 Å². The van der Waals surface area contributed by atoms with Gasteiger partial charge in [0.1, 0.15) is 5.69 Å². The van der Waals surface area contributed by atoms with Crippen molar-refractivity contribution in [2.24, 2.45) is 0 Å². The lowest BCUT2D eigenvalue weighted by atomic mass is 10.1. The first-order valence-electron chi connectivity index (χ1n) is 6.24. The Labute approximate surface area is 104 Å². The minimum atomic E-state index is -2.52. The van der Waals surface area contributed by atoms with Crippen LogP contribution in [-0.4, -0.2) is 14.6 Å². The average Bonchev–Trinajstić information content (AvgIpc) is 3.07. The van der Waals surface area contributed by atoms with Crippen molar-refractivity contribution >= 4 is 5.65 Å². The minimum Gasteiger partial charge on any atom is -0.233 e. The summed E-state index contributed by atoms with van der Waals surface area (Å²) in [5.41, 5.74) is 2.26. The zero-order valence-electron chi connectivity index (χ0n) is 10.4. The standard InChI is InChI=1S/C13H15F2N3/c1-7(2)9-6-16-18-11(12(14)15)5-10(8-3-4-8)17-13(9)18/h5-8,12H,3-4H2,1-2H3. The molecule has 3 rings (SSSR count). The molecule has 0 bridgehead atoms. The van der Waals surface area contributed by atoms with Crippen molar-refractivity contribution in [2.75, 3.05) is 0 Å². The van der Waals surface area contributed by atoms with Crippen molar-refractivity contribution in [1.29, 1.82) is 0 Å². The Morgan fingerprint density at radius 1 is 1.33 bits per heavy atom. The third kappa shape index (κ3) is 1.78. The SMILES string of the molecule is CC(C)c1cnn2c(C(F)F)cc(C3CC3)nc12. The fraction of sp³-hybridized carbons (Fsp3) is 0.538. The molecule has 1 aliphatic rings. The van der Waals surface area contributed by atoms with Crippen LogP contribution in [0.15, 0.2) is 12.3 Å². The van der Waals surface area contributed by atoms with Gasteiger partial charge in [0, 0.05) is 17.2 Å². The highest BCUT2D eigenvalue weighted by atomic mass is 19.3. The topological polar surface area (TPSA) is 30.2 Å². The summed E-state index contributed by atoms with van der Waals surface area (Å²) >= 11 is 0. The molecule has 0 amide bonds. The van der Waals surface area contributed by atoms with Gasteiger partial charge < -0.3 is 0 Å². The molecule has 0 radical (unpaired) electrons. The summed E-state index contributed by atoms with van der Waals surface area (Å²) < 4.78 is 27.4. The molecule has 18 heavy (non-hydrogen) atoms. The molecule has 2 aromatic rings. The molecule has 2 heterocycles. The molecule has 0 spiro atoms. The number of rotatable bonds is 3. The highest BCUT2D eigenvalue weighted by Crippen LogP contribution is 2.40. The molecule has 5 heteroatoms. The Kier molecular flexibility index (Phi) is 2.57. The normalized spacial score (nSPS) is 16.1. The van der Waals surface area contributed by atoms with Gasteiger partial charge in [-0.3, -0.25) is 0 Å². The zero-order chi connectivity index (χ0) is 12.9. The second-order valence-electron chi connectivity index (χ2n) is 5.17. The van der Waals surface area contributed by atoms with Crippen LogP contribution in [0.5, 0.6) is 0 Å². The number of nitrogens with zero attached hydrogens (tertiary/aromatic N) is 3. The van der Waals surface area contributed by atoms with Crippen LogP contribution in [0.3, 0.4) is 0 Å². The maximum atomic E-state index is 13.1. The van der Waals surface area contributed by atoms with E-state index < -0.39 is 6.43 Å². The van der Waals surface area contributed by atoms with Crippen LogP contribution in [0.4, 0.5) is 8.78 Å². The van der Waals surface area contributed by atoms with Gasteiger partial charge in [0.25, 0.3) is 6.43 Å². The first-order valence-corrected chi connectivity index (χ1v) is 6.24. The van der Waals surface area contributed by atoms with Gasteiger partial charge in [0.2, 0.25) is 0 Å². The molecule has 2 aromatic heterocycles. The molecule has 1 aliphatic carbocycles. The van der Waals surface area contributed by atoms with E-state index in [4.69, 9.17) is 0 Å². The monoisotopic (exact) mass is 251 g/mol. The van der Waals surface area contributed by atoms with Gasteiger partial charge in [0.15, 0.2) is 5.65 Å². The highest BCUT2D eigenvalue weighted by Gasteiger charge is 2.28. The number of fused-ring (bicyclic) bond motifs is 1. The van der Waals surface area contributed by atoms with Crippen LogP contribution in [0.2, 0.25) is 0 Å². The van der Waals surface area contributed by atoms with Gasteiger partial charge in [-0.15, -0.1) is 0 Å². The van der Waals surface area contributed by atoms with Crippen molar-refractivity contribution in [3.8, 4) is 0 Å². The first-order chi connectivity index (χ1) is 8.58. The summed E-state index contributed by atoms with van der Waals surface area (Å²) in [7, 11) is 0. The second kappa shape index (κ2) is 4.00. The lowest BCUT2D eigenvalue weighted by molar-refractivity contribution is 0.143. The smallest absolute Gasteiger partial charge is 0.233 e. The lowest BCUT2D eigenvalue weighted by Gasteiger charge is -2.08. The maximum absolute atomic E-state index is 13.1. The molecule has 0 N–H and O–H groups in total. The van der Waals surface area contributed by atoms with E-state index in [9.17, 15) is 8.78 Å². The van der Waals surface area contributed by atoms with Gasteiger partial charge in [-0.25, -0.2) is 18.3 Å². The second-order valence-corrected chi connectivity index (χ2v) is 5.17. The molecule has 0 unspecified atom stereocenters. The Hall–Kier alpha value is -1.52. The summed E-state index contributed by atoms with van der Waals surface area (Å²) in [5, 5.41) is 4.06. The molecule has 0 aromatic carbocycles. The number of alkyl halides is 2. The summed E-state index contributed by atoms with van der Waals surface area (Å²) in [5.74, 6) is 0.595. The van der Waals surface area contributed by atoms with Crippen LogP contribution in [0.1, 0.15) is 61.9 Å². The quantitative estimate of drug-likeness (QED) is 0.833. The number of hydrogen-bond acceptors (Lipinski definition) is 2. The summed E-state index contributed by atoms with van der Waals surface area (Å²) in [6.07, 6.45) is 1.23. The van der Waals surface area contributed by atoms with Crippen LogP contribution in [0, 0.1) is 0 Å². The maximum Gasteiger partial charge on any atom is 0.280 e. The van der Waals surface area contributed by atoms with Crippen LogP contribution in [-0.2, 0) is 0 Å². The number of hydrogen-bond donors (Lipinski definition) is 0. The van der Waals surface area contributed by atoms with E-state index in [0.717, 1.165) is 24.1 Å². The van der Waals surface area contributed by atoms with Crippen LogP contribution < -0.4 is 0 Å². The Balaban J connectivity index is 2.25.